The third-order valence-electron chi connectivity index (χ3n) is 9.89. The van der Waals surface area contributed by atoms with E-state index >= 15 is 4.39 Å². The van der Waals surface area contributed by atoms with Crippen molar-refractivity contribution in [3.63, 3.8) is 0 Å². The van der Waals surface area contributed by atoms with Gasteiger partial charge in [0, 0.05) is 30.7 Å². The van der Waals surface area contributed by atoms with Crippen molar-refractivity contribution in [1.29, 1.82) is 0 Å². The normalized spacial score (nSPS) is 29.0. The van der Waals surface area contributed by atoms with Crippen LogP contribution in [0.3, 0.4) is 0 Å². The van der Waals surface area contributed by atoms with Crippen molar-refractivity contribution in [3.8, 4) is 17.1 Å². The molecule has 0 saturated carbocycles. The lowest BCUT2D eigenvalue weighted by Crippen LogP contribution is -2.63. The number of hydrogen-bond acceptors (Lipinski definition) is 10. The van der Waals surface area contributed by atoms with E-state index < -0.39 is 57.5 Å². The first-order chi connectivity index (χ1) is 20.9. The minimum Gasteiger partial charge on any atom is -0.472 e. The number of nitrogen functional groups attached to an aromatic ring is 1. The fourth-order valence-corrected chi connectivity index (χ4v) is 7.74. The van der Waals surface area contributed by atoms with Gasteiger partial charge in [0.25, 0.3) is 0 Å². The molecule has 10 nitrogen and oxygen atoms in total. The van der Waals surface area contributed by atoms with Crippen LogP contribution in [-0.4, -0.2) is 70.4 Å². The molecule has 232 valence electrons. The number of hydrogen-bond donors (Lipinski definition) is 2. The Morgan fingerprint density at radius 2 is 1.95 bits per heavy atom. The number of carbonyl (C=O) groups is 1. The number of benzene rings is 1. The molecule has 2 aromatic heterocycles. The largest absolute Gasteiger partial charge is 0.472 e. The van der Waals surface area contributed by atoms with Gasteiger partial charge >= 0.3 is 12.1 Å². The third kappa shape index (κ3) is 3.73. The summed E-state index contributed by atoms with van der Waals surface area (Å²) in [5, 5.41) is 3.74. The maximum atomic E-state index is 16.8. The lowest BCUT2D eigenvalue weighted by molar-refractivity contribution is -0.138. The Hall–Kier alpha value is -4.01. The van der Waals surface area contributed by atoms with E-state index in [0.29, 0.717) is 25.3 Å². The lowest BCUT2D eigenvalue weighted by atomic mass is 9.84. The van der Waals surface area contributed by atoms with Crippen LogP contribution in [0.4, 0.5) is 39.4 Å². The average Bonchev–Trinajstić information content (AvgIpc) is 3.51. The number of rotatable bonds is 2. The van der Waals surface area contributed by atoms with Crippen LogP contribution in [0.15, 0.2) is 6.07 Å². The number of ether oxygens (including phenoxy) is 2. The molecule has 0 radical (unpaired) electrons. The molecule has 7 heterocycles. The minimum absolute atomic E-state index is 0.0310. The first-order valence-corrected chi connectivity index (χ1v) is 14.6. The summed E-state index contributed by atoms with van der Waals surface area (Å²) in [6, 6.07) is 0.697. The molecule has 5 atom stereocenters. The maximum Gasteiger partial charge on any atom is 0.417 e. The Bertz CT molecular complexity index is 1770. The number of nitrogens with zero attached hydrogens (tertiary/aromatic N) is 5. The van der Waals surface area contributed by atoms with Crippen molar-refractivity contribution in [2.75, 3.05) is 35.2 Å². The topological polar surface area (TPSA) is 119 Å². The van der Waals surface area contributed by atoms with Gasteiger partial charge in [0.2, 0.25) is 11.8 Å². The number of aromatic nitrogens is 3. The van der Waals surface area contributed by atoms with Crippen LogP contribution in [0.5, 0.6) is 5.88 Å². The standard InChI is InChI=1S/C29H28F5N7O3/c1-11-19(29(32,33)34)14(7-15(35)20(11)30)22-21(31)23-18-25(39-27(38-23)41-6-5-28(41)8-17(42)43-10-28)40-9-13-3-4-16(36-13)24(40)12(2)44-26(18)37-22/h7,12-13,16,24,36H,3-6,8-10,35H2,1-2H3/t12-,13+,16-,24+,28?/m0/s1. The molecule has 0 amide bonds. The number of carbonyl (C=O) groups excluding carboxylic acids is 1. The van der Waals surface area contributed by atoms with E-state index in [2.05, 4.69) is 20.2 Å². The zero-order valence-corrected chi connectivity index (χ0v) is 23.8. The van der Waals surface area contributed by atoms with Crippen molar-refractivity contribution >= 4 is 34.3 Å². The first-order valence-electron chi connectivity index (χ1n) is 14.6. The molecule has 5 aliphatic heterocycles. The Kier molecular flexibility index (Phi) is 5.64. The quantitative estimate of drug-likeness (QED) is 0.249. The molecule has 1 aromatic carbocycles. The van der Waals surface area contributed by atoms with Crippen molar-refractivity contribution in [2.24, 2.45) is 0 Å². The van der Waals surface area contributed by atoms with E-state index in [-0.39, 0.29) is 59.9 Å². The number of halogens is 5. The number of cyclic esters (lactones) is 1. The molecule has 2 bridgehead atoms. The van der Waals surface area contributed by atoms with Gasteiger partial charge in [-0.2, -0.15) is 18.2 Å². The summed E-state index contributed by atoms with van der Waals surface area (Å²) in [5.41, 5.74) is 0.610. The zero-order valence-electron chi connectivity index (χ0n) is 23.8. The van der Waals surface area contributed by atoms with Gasteiger partial charge in [0.1, 0.15) is 40.9 Å². The van der Waals surface area contributed by atoms with Gasteiger partial charge in [0.15, 0.2) is 5.82 Å². The summed E-state index contributed by atoms with van der Waals surface area (Å²) >= 11 is 0. The van der Waals surface area contributed by atoms with Crippen molar-refractivity contribution in [3.05, 3.63) is 28.8 Å². The van der Waals surface area contributed by atoms with Gasteiger partial charge in [0.05, 0.1) is 29.3 Å². The molecule has 0 aliphatic carbocycles. The Morgan fingerprint density at radius 1 is 1.16 bits per heavy atom. The van der Waals surface area contributed by atoms with E-state index in [0.717, 1.165) is 25.8 Å². The number of anilines is 3. The highest BCUT2D eigenvalue weighted by atomic mass is 19.4. The SMILES string of the molecule is Cc1c(F)c(N)cc(-c2nc3c4c(nc(N5CCC56COC(=O)C6)nc4c2F)N2C[C@H]4CC[C@H](N4)[C@H]2[C@H](C)O3)c1C(F)(F)F. The van der Waals surface area contributed by atoms with E-state index in [9.17, 15) is 22.4 Å². The van der Waals surface area contributed by atoms with Crippen LogP contribution in [-0.2, 0) is 15.7 Å². The molecular weight excluding hydrogens is 589 g/mol. The second-order valence-corrected chi connectivity index (χ2v) is 12.5. The fraction of sp³-hybridized carbons (Fsp3) is 0.517. The molecule has 4 saturated heterocycles. The Morgan fingerprint density at radius 3 is 2.64 bits per heavy atom. The van der Waals surface area contributed by atoms with Gasteiger partial charge < -0.3 is 30.3 Å². The van der Waals surface area contributed by atoms with E-state index in [1.807, 2.05) is 6.92 Å². The fourth-order valence-electron chi connectivity index (χ4n) is 7.74. The van der Waals surface area contributed by atoms with E-state index in [1.54, 1.807) is 4.90 Å². The van der Waals surface area contributed by atoms with E-state index in [1.165, 1.54) is 0 Å². The second-order valence-electron chi connectivity index (χ2n) is 12.5. The predicted molar refractivity (Wildman–Crippen MR) is 148 cm³/mol. The summed E-state index contributed by atoms with van der Waals surface area (Å²) in [6.07, 6.45) is -3.01. The lowest BCUT2D eigenvalue weighted by Gasteiger charge is -2.49. The van der Waals surface area contributed by atoms with Gasteiger partial charge in [-0.05, 0) is 44.7 Å². The highest BCUT2D eigenvalue weighted by Crippen LogP contribution is 2.49. The Balaban J connectivity index is 1.41. The first kappa shape index (κ1) is 27.5. The highest BCUT2D eigenvalue weighted by Gasteiger charge is 2.54. The van der Waals surface area contributed by atoms with Crippen LogP contribution >= 0.6 is 0 Å². The number of alkyl halides is 3. The molecule has 15 heteroatoms. The average molecular weight is 618 g/mol. The summed E-state index contributed by atoms with van der Waals surface area (Å²) in [5.74, 6) is -2.38. The molecule has 44 heavy (non-hydrogen) atoms. The van der Waals surface area contributed by atoms with Crippen LogP contribution in [0, 0.1) is 18.6 Å². The second kappa shape index (κ2) is 9.02. The highest BCUT2D eigenvalue weighted by molar-refractivity contribution is 5.98. The summed E-state index contributed by atoms with van der Waals surface area (Å²) in [7, 11) is 0. The van der Waals surface area contributed by atoms with Gasteiger partial charge in [-0.3, -0.25) is 4.79 Å². The monoisotopic (exact) mass is 617 g/mol. The van der Waals surface area contributed by atoms with E-state index in [4.69, 9.17) is 20.2 Å². The number of nitrogens with one attached hydrogen (secondary N) is 1. The van der Waals surface area contributed by atoms with Crippen molar-refractivity contribution in [1.82, 2.24) is 20.3 Å². The van der Waals surface area contributed by atoms with Crippen LogP contribution in [0.25, 0.3) is 22.2 Å². The minimum atomic E-state index is -5.05. The number of pyridine rings is 1. The van der Waals surface area contributed by atoms with Crippen LogP contribution < -0.4 is 25.6 Å². The molecule has 5 aliphatic rings. The molecule has 4 fully saturated rings. The number of esters is 1. The molecule has 8 rings (SSSR count). The molecule has 3 aromatic rings. The molecule has 1 spiro atoms. The van der Waals surface area contributed by atoms with Gasteiger partial charge in [-0.15, -0.1) is 0 Å². The Labute approximate surface area is 247 Å². The molecule has 3 N–H and O–H groups in total. The smallest absolute Gasteiger partial charge is 0.417 e. The van der Waals surface area contributed by atoms with Crippen LogP contribution in [0.2, 0.25) is 0 Å². The molecule has 1 unspecified atom stereocenters. The van der Waals surface area contributed by atoms with Crippen LogP contribution in [0.1, 0.15) is 43.7 Å². The molecular formula is C29H28F5N7O3. The number of fused-ring (bicyclic) bond motifs is 5. The summed E-state index contributed by atoms with van der Waals surface area (Å²) < 4.78 is 86.1. The zero-order chi connectivity index (χ0) is 30.9. The van der Waals surface area contributed by atoms with Crippen molar-refractivity contribution < 1.29 is 36.2 Å². The third-order valence-corrected chi connectivity index (χ3v) is 9.89. The van der Waals surface area contributed by atoms with Gasteiger partial charge in [-0.1, -0.05) is 0 Å². The summed E-state index contributed by atoms with van der Waals surface area (Å²) in [4.78, 5) is 29.8. The van der Waals surface area contributed by atoms with Gasteiger partial charge in [-0.25, -0.2) is 18.7 Å². The predicted octanol–water partition coefficient (Wildman–Crippen LogP) is 3.87. The number of nitrogens with two attached hydrogens (primary N) is 1. The van der Waals surface area contributed by atoms with Crippen molar-refractivity contribution in [2.45, 2.75) is 75.5 Å². The summed E-state index contributed by atoms with van der Waals surface area (Å²) in [6.45, 7) is 3.92. The maximum absolute atomic E-state index is 16.8. The number of piperazine rings is 1.